The van der Waals surface area contributed by atoms with Gasteiger partial charge in [0.15, 0.2) is 0 Å². The predicted molar refractivity (Wildman–Crippen MR) is 85.5 cm³/mol. The molecule has 3 nitrogen and oxygen atoms in total. The number of rotatable bonds is 3. The van der Waals surface area contributed by atoms with Crippen molar-refractivity contribution < 1.29 is 4.79 Å². The molecule has 2 aliphatic heterocycles. The molecule has 0 aromatic heterocycles. The molecule has 2 fully saturated rings. The van der Waals surface area contributed by atoms with Crippen molar-refractivity contribution in [1.82, 2.24) is 10.2 Å². The molecule has 21 heavy (non-hydrogen) atoms. The van der Waals surface area contributed by atoms with Crippen LogP contribution in [0.2, 0.25) is 0 Å². The summed E-state index contributed by atoms with van der Waals surface area (Å²) in [7, 11) is 0. The third-order valence-corrected chi connectivity index (χ3v) is 5.22. The van der Waals surface area contributed by atoms with Crippen molar-refractivity contribution in [2.24, 2.45) is 11.8 Å². The number of hydrogen-bond acceptors (Lipinski definition) is 2. The fourth-order valence-electron chi connectivity index (χ4n) is 3.96. The molecule has 2 heterocycles. The van der Waals surface area contributed by atoms with Gasteiger partial charge in [0.05, 0.1) is 0 Å². The van der Waals surface area contributed by atoms with Crippen molar-refractivity contribution in [3.05, 3.63) is 35.4 Å². The maximum atomic E-state index is 12.8. The molecule has 3 heteroatoms. The van der Waals surface area contributed by atoms with Crippen LogP contribution in [0.25, 0.3) is 0 Å². The first-order chi connectivity index (χ1) is 10.1. The van der Waals surface area contributed by atoms with Crippen molar-refractivity contribution in [3.8, 4) is 0 Å². The number of hydrogen-bond donors (Lipinski definition) is 1. The van der Waals surface area contributed by atoms with Crippen molar-refractivity contribution >= 4 is 5.91 Å². The quantitative estimate of drug-likeness (QED) is 0.926. The molecule has 1 aromatic rings. The lowest BCUT2D eigenvalue weighted by Crippen LogP contribution is -2.39. The van der Waals surface area contributed by atoms with Crippen LogP contribution in [-0.4, -0.2) is 36.5 Å². The Hall–Kier alpha value is -1.35. The number of likely N-dealkylation sites (tertiary alicyclic amines) is 1. The second-order valence-electron chi connectivity index (χ2n) is 6.79. The standard InChI is InChI=1S/C18H26N2O/c1-4-17-16-10-19-9-15(16)11-20(17)18(21)14-7-5-13(6-8-14)12(2)3/h5-8,12,15-17,19H,4,9-11H2,1-3H3. The zero-order valence-electron chi connectivity index (χ0n) is 13.3. The van der Waals surface area contributed by atoms with Gasteiger partial charge in [-0.1, -0.05) is 32.9 Å². The van der Waals surface area contributed by atoms with Crippen LogP contribution in [-0.2, 0) is 0 Å². The van der Waals surface area contributed by atoms with Gasteiger partial charge < -0.3 is 10.2 Å². The summed E-state index contributed by atoms with van der Waals surface area (Å²) in [5.41, 5.74) is 2.13. The number of benzene rings is 1. The number of nitrogens with zero attached hydrogens (tertiary/aromatic N) is 1. The average molecular weight is 286 g/mol. The second-order valence-corrected chi connectivity index (χ2v) is 6.79. The van der Waals surface area contributed by atoms with Crippen LogP contribution in [0.1, 0.15) is 49.0 Å². The van der Waals surface area contributed by atoms with Crippen LogP contribution in [0, 0.1) is 11.8 Å². The van der Waals surface area contributed by atoms with Gasteiger partial charge in [-0.3, -0.25) is 4.79 Å². The summed E-state index contributed by atoms with van der Waals surface area (Å²) in [6.07, 6.45) is 1.05. The highest BCUT2D eigenvalue weighted by Crippen LogP contribution is 2.35. The lowest BCUT2D eigenvalue weighted by Gasteiger charge is -2.27. The van der Waals surface area contributed by atoms with E-state index in [4.69, 9.17) is 0 Å². The minimum atomic E-state index is 0.214. The Morgan fingerprint density at radius 1 is 1.29 bits per heavy atom. The topological polar surface area (TPSA) is 32.3 Å². The number of nitrogens with one attached hydrogen (secondary N) is 1. The molecule has 0 radical (unpaired) electrons. The Balaban J connectivity index is 1.78. The van der Waals surface area contributed by atoms with E-state index in [1.165, 1.54) is 5.56 Å². The molecule has 1 N–H and O–H groups in total. The van der Waals surface area contributed by atoms with E-state index in [-0.39, 0.29) is 5.91 Å². The highest BCUT2D eigenvalue weighted by Gasteiger charge is 2.45. The molecule has 3 atom stereocenters. The smallest absolute Gasteiger partial charge is 0.254 e. The summed E-state index contributed by atoms with van der Waals surface area (Å²) in [5.74, 6) is 2.02. The zero-order chi connectivity index (χ0) is 15.0. The first-order valence-electron chi connectivity index (χ1n) is 8.23. The van der Waals surface area contributed by atoms with E-state index >= 15 is 0 Å². The molecule has 0 aliphatic carbocycles. The number of carbonyl (C=O) groups excluding carboxylic acids is 1. The van der Waals surface area contributed by atoms with Crippen LogP contribution in [0.15, 0.2) is 24.3 Å². The number of fused-ring (bicyclic) bond motifs is 1. The van der Waals surface area contributed by atoms with Gasteiger partial charge in [-0.15, -0.1) is 0 Å². The van der Waals surface area contributed by atoms with Gasteiger partial charge in [0.1, 0.15) is 0 Å². The normalized spacial score (nSPS) is 28.2. The third kappa shape index (κ3) is 2.59. The van der Waals surface area contributed by atoms with Crippen LogP contribution in [0.3, 0.4) is 0 Å². The van der Waals surface area contributed by atoms with E-state index in [2.05, 4.69) is 43.1 Å². The van der Waals surface area contributed by atoms with Gasteiger partial charge in [-0.05, 0) is 41.9 Å². The Morgan fingerprint density at radius 3 is 2.62 bits per heavy atom. The van der Waals surface area contributed by atoms with Crippen molar-refractivity contribution in [2.75, 3.05) is 19.6 Å². The van der Waals surface area contributed by atoms with Gasteiger partial charge >= 0.3 is 0 Å². The van der Waals surface area contributed by atoms with Gasteiger partial charge in [0.2, 0.25) is 0 Å². The van der Waals surface area contributed by atoms with E-state index in [1.807, 2.05) is 12.1 Å². The molecule has 1 amide bonds. The van der Waals surface area contributed by atoms with E-state index in [9.17, 15) is 4.79 Å². The third-order valence-electron chi connectivity index (χ3n) is 5.22. The van der Waals surface area contributed by atoms with Gasteiger partial charge in [-0.2, -0.15) is 0 Å². The summed E-state index contributed by atoms with van der Waals surface area (Å²) in [4.78, 5) is 15.0. The molecular weight excluding hydrogens is 260 g/mol. The molecule has 0 bridgehead atoms. The fraction of sp³-hybridized carbons (Fsp3) is 0.611. The van der Waals surface area contributed by atoms with Crippen LogP contribution < -0.4 is 5.32 Å². The molecule has 0 saturated carbocycles. The van der Waals surface area contributed by atoms with E-state index in [1.54, 1.807) is 0 Å². The van der Waals surface area contributed by atoms with Crippen molar-refractivity contribution in [1.29, 1.82) is 0 Å². The molecule has 0 spiro atoms. The average Bonchev–Trinajstić information content (AvgIpc) is 3.06. The SMILES string of the molecule is CCC1C2CNCC2CN1C(=O)c1ccc(C(C)C)cc1. The Bertz CT molecular complexity index is 508. The summed E-state index contributed by atoms with van der Waals surface area (Å²) in [5, 5.41) is 3.47. The Labute approximate surface area is 127 Å². The van der Waals surface area contributed by atoms with Crippen molar-refractivity contribution in [2.45, 2.75) is 39.2 Å². The zero-order valence-corrected chi connectivity index (χ0v) is 13.3. The first-order valence-corrected chi connectivity index (χ1v) is 8.23. The van der Waals surface area contributed by atoms with E-state index in [0.29, 0.717) is 23.8 Å². The Kier molecular flexibility index (Phi) is 4.03. The monoisotopic (exact) mass is 286 g/mol. The lowest BCUT2D eigenvalue weighted by atomic mass is 9.93. The van der Waals surface area contributed by atoms with Gasteiger partial charge in [0, 0.05) is 31.2 Å². The van der Waals surface area contributed by atoms with Crippen molar-refractivity contribution in [3.63, 3.8) is 0 Å². The summed E-state index contributed by atoms with van der Waals surface area (Å²) in [6, 6.07) is 8.59. The summed E-state index contributed by atoms with van der Waals surface area (Å²) < 4.78 is 0. The predicted octanol–water partition coefficient (Wildman–Crippen LogP) is 2.88. The molecule has 3 rings (SSSR count). The maximum absolute atomic E-state index is 12.8. The van der Waals surface area contributed by atoms with E-state index < -0.39 is 0 Å². The maximum Gasteiger partial charge on any atom is 0.254 e. The summed E-state index contributed by atoms with van der Waals surface area (Å²) >= 11 is 0. The van der Waals surface area contributed by atoms with Gasteiger partial charge in [0.25, 0.3) is 5.91 Å². The highest BCUT2D eigenvalue weighted by molar-refractivity contribution is 5.94. The fourth-order valence-corrected chi connectivity index (χ4v) is 3.96. The number of carbonyl (C=O) groups is 1. The van der Waals surface area contributed by atoms with E-state index in [0.717, 1.165) is 31.6 Å². The Morgan fingerprint density at radius 2 is 2.00 bits per heavy atom. The largest absolute Gasteiger partial charge is 0.335 e. The van der Waals surface area contributed by atoms with Gasteiger partial charge in [-0.25, -0.2) is 0 Å². The molecular formula is C18H26N2O. The minimum Gasteiger partial charge on any atom is -0.335 e. The molecule has 1 aromatic carbocycles. The second kappa shape index (κ2) is 5.80. The minimum absolute atomic E-state index is 0.214. The highest BCUT2D eigenvalue weighted by atomic mass is 16.2. The molecule has 2 saturated heterocycles. The van der Waals surface area contributed by atoms with Crippen LogP contribution >= 0.6 is 0 Å². The first kappa shape index (κ1) is 14.6. The molecule has 114 valence electrons. The van der Waals surface area contributed by atoms with Crippen LogP contribution in [0.4, 0.5) is 0 Å². The lowest BCUT2D eigenvalue weighted by molar-refractivity contribution is 0.0711. The number of amides is 1. The molecule has 2 aliphatic rings. The molecule has 3 unspecified atom stereocenters. The summed E-state index contributed by atoms with van der Waals surface area (Å²) in [6.45, 7) is 9.61. The van der Waals surface area contributed by atoms with Crippen LogP contribution in [0.5, 0.6) is 0 Å².